The largest absolute Gasteiger partial charge is 0.366 e. The minimum Gasteiger partial charge on any atom is -0.366 e. The number of hydrogen-bond donors (Lipinski definition) is 2. The van der Waals surface area contributed by atoms with Crippen molar-refractivity contribution in [1.29, 1.82) is 0 Å². The van der Waals surface area contributed by atoms with Crippen molar-refractivity contribution in [3.63, 3.8) is 0 Å². The molecule has 0 saturated carbocycles. The molecule has 1 fully saturated rings. The normalized spacial score (nSPS) is 19.5. The van der Waals surface area contributed by atoms with Gasteiger partial charge in [0.25, 0.3) is 5.91 Å². The van der Waals surface area contributed by atoms with Crippen LogP contribution in [0.4, 0.5) is 4.39 Å². The van der Waals surface area contributed by atoms with Crippen LogP contribution < -0.4 is 10.6 Å². The van der Waals surface area contributed by atoms with Crippen LogP contribution in [-0.2, 0) is 19.4 Å². The van der Waals surface area contributed by atoms with E-state index in [2.05, 4.69) is 10.6 Å². The maximum Gasteiger partial charge on any atom is 0.250 e. The van der Waals surface area contributed by atoms with E-state index in [-0.39, 0.29) is 23.2 Å². The number of morpholine rings is 1. The van der Waals surface area contributed by atoms with Gasteiger partial charge in [-0.05, 0) is 24.6 Å². The lowest BCUT2D eigenvalue weighted by atomic mass is 10.1. The van der Waals surface area contributed by atoms with Crippen molar-refractivity contribution in [3.05, 3.63) is 29.6 Å². The number of hydrogen-bond acceptors (Lipinski definition) is 5. The third-order valence-electron chi connectivity index (χ3n) is 3.43. The van der Waals surface area contributed by atoms with Gasteiger partial charge in [0.15, 0.2) is 9.84 Å². The van der Waals surface area contributed by atoms with Crippen molar-refractivity contribution in [2.45, 2.75) is 24.0 Å². The predicted molar refractivity (Wildman–Crippen MR) is 85.9 cm³/mol. The first-order valence-corrected chi connectivity index (χ1v) is 8.80. The zero-order chi connectivity index (χ0) is 16.3. The molecule has 1 saturated heterocycles. The average molecular weight is 367 g/mol. The Hall–Kier alpha value is -1.22. The van der Waals surface area contributed by atoms with Crippen molar-refractivity contribution < 1.29 is 22.3 Å². The monoisotopic (exact) mass is 366 g/mol. The SMILES string of the molecule is CC(NC(=O)C1CNCCO1)c1ccc(S(C)(=O)=O)c(F)c1.Cl. The molecule has 1 aromatic carbocycles. The van der Waals surface area contributed by atoms with E-state index in [0.717, 1.165) is 12.3 Å². The summed E-state index contributed by atoms with van der Waals surface area (Å²) < 4.78 is 42.0. The van der Waals surface area contributed by atoms with Crippen LogP contribution in [0.2, 0.25) is 0 Å². The quantitative estimate of drug-likeness (QED) is 0.824. The van der Waals surface area contributed by atoms with Crippen LogP contribution in [-0.4, -0.2) is 46.4 Å². The van der Waals surface area contributed by atoms with Crippen LogP contribution >= 0.6 is 12.4 Å². The highest BCUT2D eigenvalue weighted by molar-refractivity contribution is 7.90. The summed E-state index contributed by atoms with van der Waals surface area (Å²) in [6.07, 6.45) is 0.375. The molecular weight excluding hydrogens is 347 g/mol. The van der Waals surface area contributed by atoms with Crippen molar-refractivity contribution in [1.82, 2.24) is 10.6 Å². The topological polar surface area (TPSA) is 84.5 Å². The van der Waals surface area contributed by atoms with Crippen LogP contribution in [0.3, 0.4) is 0 Å². The van der Waals surface area contributed by atoms with Gasteiger partial charge < -0.3 is 15.4 Å². The minimum absolute atomic E-state index is 0. The zero-order valence-electron chi connectivity index (χ0n) is 12.8. The van der Waals surface area contributed by atoms with Crippen molar-refractivity contribution >= 4 is 28.2 Å². The average Bonchev–Trinajstić information content (AvgIpc) is 2.46. The second-order valence-corrected chi connectivity index (χ2v) is 7.24. The van der Waals surface area contributed by atoms with Gasteiger partial charge in [0.2, 0.25) is 0 Å². The molecule has 23 heavy (non-hydrogen) atoms. The van der Waals surface area contributed by atoms with E-state index in [1.807, 2.05) is 0 Å². The first kappa shape index (κ1) is 19.8. The van der Waals surface area contributed by atoms with E-state index >= 15 is 0 Å². The number of halogens is 2. The third kappa shape index (κ3) is 5.13. The van der Waals surface area contributed by atoms with E-state index in [0.29, 0.717) is 25.3 Å². The van der Waals surface area contributed by atoms with Crippen molar-refractivity contribution in [2.24, 2.45) is 0 Å². The van der Waals surface area contributed by atoms with Gasteiger partial charge in [-0.2, -0.15) is 0 Å². The molecule has 0 radical (unpaired) electrons. The highest BCUT2D eigenvalue weighted by Crippen LogP contribution is 2.20. The molecule has 1 amide bonds. The predicted octanol–water partition coefficient (Wildman–Crippen LogP) is 0.817. The second-order valence-electron chi connectivity index (χ2n) is 5.26. The Kier molecular flexibility index (Phi) is 6.94. The van der Waals surface area contributed by atoms with Crippen LogP contribution in [0.25, 0.3) is 0 Å². The number of carbonyl (C=O) groups is 1. The number of ether oxygens (including phenoxy) is 1. The molecule has 6 nitrogen and oxygen atoms in total. The van der Waals surface area contributed by atoms with Gasteiger partial charge in [0, 0.05) is 19.3 Å². The Bertz CT molecular complexity index is 663. The summed E-state index contributed by atoms with van der Waals surface area (Å²) >= 11 is 0. The fourth-order valence-corrected chi connectivity index (χ4v) is 2.94. The Labute approximate surface area is 141 Å². The summed E-state index contributed by atoms with van der Waals surface area (Å²) in [5.41, 5.74) is 0.488. The number of benzene rings is 1. The number of rotatable bonds is 4. The zero-order valence-corrected chi connectivity index (χ0v) is 14.5. The maximum atomic E-state index is 13.9. The fourth-order valence-electron chi connectivity index (χ4n) is 2.21. The van der Waals surface area contributed by atoms with E-state index in [4.69, 9.17) is 4.74 Å². The van der Waals surface area contributed by atoms with E-state index in [1.54, 1.807) is 6.92 Å². The Morgan fingerprint density at radius 2 is 2.17 bits per heavy atom. The fraction of sp³-hybridized carbons (Fsp3) is 0.500. The standard InChI is InChI=1S/C14H19FN2O4S.ClH/c1-9(17-14(18)12-8-16-5-6-21-12)10-3-4-13(11(15)7-10)22(2,19)20;/h3-4,7,9,12,16H,5-6,8H2,1-2H3,(H,17,18);1H. The van der Waals surface area contributed by atoms with Crippen LogP contribution in [0.1, 0.15) is 18.5 Å². The Morgan fingerprint density at radius 1 is 1.48 bits per heavy atom. The molecule has 2 atom stereocenters. The van der Waals surface area contributed by atoms with Gasteiger partial charge in [0.05, 0.1) is 12.6 Å². The van der Waals surface area contributed by atoms with Gasteiger partial charge in [-0.1, -0.05) is 6.07 Å². The molecule has 0 aromatic heterocycles. The van der Waals surface area contributed by atoms with Gasteiger partial charge in [0.1, 0.15) is 16.8 Å². The summed E-state index contributed by atoms with van der Waals surface area (Å²) in [4.78, 5) is 11.7. The lowest BCUT2D eigenvalue weighted by Crippen LogP contribution is -2.48. The molecule has 9 heteroatoms. The summed E-state index contributed by atoms with van der Waals surface area (Å²) in [7, 11) is -3.61. The lowest BCUT2D eigenvalue weighted by Gasteiger charge is -2.24. The molecule has 2 N–H and O–H groups in total. The van der Waals surface area contributed by atoms with Gasteiger partial charge >= 0.3 is 0 Å². The van der Waals surface area contributed by atoms with Crippen LogP contribution in [0, 0.1) is 5.82 Å². The first-order valence-electron chi connectivity index (χ1n) is 6.91. The summed E-state index contributed by atoms with van der Waals surface area (Å²) in [5, 5.41) is 5.78. The van der Waals surface area contributed by atoms with E-state index in [1.165, 1.54) is 12.1 Å². The second kappa shape index (κ2) is 8.05. The molecule has 0 aliphatic carbocycles. The molecule has 0 spiro atoms. The molecule has 1 aliphatic heterocycles. The molecular formula is C14H20ClFN2O4S. The van der Waals surface area contributed by atoms with Gasteiger partial charge in [-0.3, -0.25) is 4.79 Å². The Morgan fingerprint density at radius 3 is 2.70 bits per heavy atom. The highest BCUT2D eigenvalue weighted by atomic mass is 35.5. The first-order chi connectivity index (χ1) is 10.3. The number of amides is 1. The van der Waals surface area contributed by atoms with Gasteiger partial charge in [-0.25, -0.2) is 12.8 Å². The van der Waals surface area contributed by atoms with Crippen molar-refractivity contribution in [2.75, 3.05) is 26.0 Å². The Balaban J connectivity index is 0.00000264. The van der Waals surface area contributed by atoms with E-state index < -0.39 is 27.8 Å². The summed E-state index contributed by atoms with van der Waals surface area (Å²) in [5.74, 6) is -1.11. The smallest absolute Gasteiger partial charge is 0.250 e. The highest BCUT2D eigenvalue weighted by Gasteiger charge is 2.24. The van der Waals surface area contributed by atoms with Gasteiger partial charge in [-0.15, -0.1) is 12.4 Å². The third-order valence-corrected chi connectivity index (χ3v) is 4.56. The molecule has 0 bridgehead atoms. The van der Waals surface area contributed by atoms with Crippen LogP contribution in [0.15, 0.2) is 23.1 Å². The lowest BCUT2D eigenvalue weighted by molar-refractivity contribution is -0.134. The molecule has 1 aliphatic rings. The molecule has 1 heterocycles. The number of nitrogens with one attached hydrogen (secondary N) is 2. The number of carbonyl (C=O) groups excluding carboxylic acids is 1. The molecule has 2 rings (SSSR count). The van der Waals surface area contributed by atoms with Crippen LogP contribution in [0.5, 0.6) is 0 Å². The molecule has 1 aromatic rings. The van der Waals surface area contributed by atoms with Crippen molar-refractivity contribution in [3.8, 4) is 0 Å². The minimum atomic E-state index is -3.61. The molecule has 130 valence electrons. The maximum absolute atomic E-state index is 13.9. The summed E-state index contributed by atoms with van der Waals surface area (Å²) in [6, 6.07) is 3.37. The summed E-state index contributed by atoms with van der Waals surface area (Å²) in [6.45, 7) is 3.30. The number of sulfone groups is 1. The van der Waals surface area contributed by atoms with E-state index in [9.17, 15) is 17.6 Å². The molecule has 2 unspecified atom stereocenters.